The number of rotatable bonds is 17. The molecule has 0 aliphatic carbocycles. The van der Waals surface area contributed by atoms with Crippen LogP contribution in [0.3, 0.4) is 0 Å². The smallest absolute Gasteiger partial charge is 0.303 e. The van der Waals surface area contributed by atoms with Crippen molar-refractivity contribution >= 4 is 17.8 Å². The van der Waals surface area contributed by atoms with Crippen molar-refractivity contribution in [2.75, 3.05) is 35.5 Å². The van der Waals surface area contributed by atoms with Gasteiger partial charge in [-0.1, -0.05) is 24.3 Å². The van der Waals surface area contributed by atoms with E-state index in [4.69, 9.17) is 34.2 Å². The van der Waals surface area contributed by atoms with Gasteiger partial charge in [0.25, 0.3) is 5.91 Å². The van der Waals surface area contributed by atoms with Crippen LogP contribution in [0.1, 0.15) is 34.3 Å². The first-order valence-electron chi connectivity index (χ1n) is 15.3. The molecule has 0 saturated carbocycles. The van der Waals surface area contributed by atoms with Crippen LogP contribution in [-0.4, -0.2) is 69.4 Å². The summed E-state index contributed by atoms with van der Waals surface area (Å²) in [5.74, 6) is 0.621. The Hall–Kier alpha value is -5.91. The van der Waals surface area contributed by atoms with Crippen LogP contribution >= 0.6 is 0 Å². The molecular formula is C37H40N2O10. The Bertz CT molecular complexity index is 1710. The topological polar surface area (TPSA) is 156 Å². The zero-order chi connectivity index (χ0) is 35.5. The summed E-state index contributed by atoms with van der Waals surface area (Å²) in [6.07, 6.45) is -0.530. The average Bonchev–Trinajstić information content (AvgIpc) is 3.12. The minimum Gasteiger partial charge on any atom is -0.497 e. The summed E-state index contributed by atoms with van der Waals surface area (Å²) < 4.78 is 32.9. The average molecular weight is 673 g/mol. The van der Waals surface area contributed by atoms with Gasteiger partial charge in [0.2, 0.25) is 11.7 Å². The Morgan fingerprint density at radius 2 is 1.24 bits per heavy atom. The lowest BCUT2D eigenvalue weighted by molar-refractivity contribution is -0.137. The highest BCUT2D eigenvalue weighted by molar-refractivity contribution is 5.98. The first-order chi connectivity index (χ1) is 23.6. The second kappa shape index (κ2) is 16.8. The number of hydrogen-bond acceptors (Lipinski definition) is 9. The van der Waals surface area contributed by atoms with Gasteiger partial charge in [-0.05, 0) is 77.2 Å². The molecule has 1 atom stereocenters. The molecule has 0 bridgehead atoms. The van der Waals surface area contributed by atoms with E-state index in [0.29, 0.717) is 46.7 Å². The third kappa shape index (κ3) is 9.13. The minimum absolute atomic E-state index is 0.0888. The Balaban J connectivity index is 1.56. The van der Waals surface area contributed by atoms with Crippen molar-refractivity contribution in [1.82, 2.24) is 4.90 Å². The third-order valence-corrected chi connectivity index (χ3v) is 7.81. The first-order valence-corrected chi connectivity index (χ1v) is 15.3. The molecule has 258 valence electrons. The van der Waals surface area contributed by atoms with Gasteiger partial charge in [0.05, 0.1) is 35.5 Å². The lowest BCUT2D eigenvalue weighted by atomic mass is 10.0. The van der Waals surface area contributed by atoms with Gasteiger partial charge < -0.3 is 44.2 Å². The Morgan fingerprint density at radius 1 is 0.694 bits per heavy atom. The summed E-state index contributed by atoms with van der Waals surface area (Å²) in [4.78, 5) is 39.3. The molecule has 0 aromatic heterocycles. The summed E-state index contributed by atoms with van der Waals surface area (Å²) in [6, 6.07) is 22.1. The lowest BCUT2D eigenvalue weighted by Gasteiger charge is -2.30. The van der Waals surface area contributed by atoms with E-state index in [2.05, 4.69) is 0 Å². The van der Waals surface area contributed by atoms with Gasteiger partial charge >= 0.3 is 5.97 Å². The number of carbonyl (C=O) groups excluding carboxylic acids is 2. The number of nitrogens with zero attached hydrogens (tertiary/aromatic N) is 1. The van der Waals surface area contributed by atoms with Gasteiger partial charge in [-0.15, -0.1) is 0 Å². The van der Waals surface area contributed by atoms with Crippen LogP contribution in [0.15, 0.2) is 78.9 Å². The number of primary amides is 1. The van der Waals surface area contributed by atoms with E-state index in [-0.39, 0.29) is 24.9 Å². The SMILES string of the molecule is COc1cc(COc2ccc(-c3ccc(C(=O)N(Cc4cc(OC)c(OC)c(OC)c4)[C@@H](CCC(=O)O)C(N)=O)cc3)cc2)cc(OC)c1. The number of ether oxygens (including phenoxy) is 6. The molecular weight excluding hydrogens is 632 g/mol. The fourth-order valence-electron chi connectivity index (χ4n) is 5.29. The predicted molar refractivity (Wildman–Crippen MR) is 182 cm³/mol. The number of amides is 2. The molecule has 0 spiro atoms. The third-order valence-electron chi connectivity index (χ3n) is 7.81. The van der Waals surface area contributed by atoms with Crippen LogP contribution < -0.4 is 34.2 Å². The molecule has 49 heavy (non-hydrogen) atoms. The molecule has 4 aromatic rings. The fourth-order valence-corrected chi connectivity index (χ4v) is 5.29. The zero-order valence-electron chi connectivity index (χ0n) is 28.1. The molecule has 0 fully saturated rings. The van der Waals surface area contributed by atoms with Crippen LogP contribution in [0.4, 0.5) is 0 Å². The second-order valence-electron chi connectivity index (χ2n) is 10.9. The molecule has 4 aromatic carbocycles. The number of aliphatic carboxylic acids is 1. The van der Waals surface area contributed by atoms with Crippen molar-refractivity contribution < 1.29 is 47.9 Å². The first kappa shape index (κ1) is 35.9. The van der Waals surface area contributed by atoms with E-state index in [1.807, 2.05) is 36.4 Å². The molecule has 12 heteroatoms. The van der Waals surface area contributed by atoms with Crippen molar-refractivity contribution in [3.63, 3.8) is 0 Å². The Morgan fingerprint density at radius 3 is 1.71 bits per heavy atom. The minimum atomic E-state index is -1.20. The van der Waals surface area contributed by atoms with Crippen LogP contribution in [0.25, 0.3) is 11.1 Å². The van der Waals surface area contributed by atoms with Crippen LogP contribution in [-0.2, 0) is 22.7 Å². The van der Waals surface area contributed by atoms with Gasteiger partial charge in [0, 0.05) is 24.6 Å². The maximum atomic E-state index is 14.0. The number of hydrogen-bond donors (Lipinski definition) is 2. The fraction of sp³-hybridized carbons (Fsp3) is 0.270. The lowest BCUT2D eigenvalue weighted by Crippen LogP contribution is -2.47. The number of nitrogens with two attached hydrogens (primary N) is 1. The second-order valence-corrected chi connectivity index (χ2v) is 10.9. The Labute approximate surface area is 284 Å². The number of carbonyl (C=O) groups is 3. The molecule has 0 aliphatic heterocycles. The van der Waals surface area contributed by atoms with Crippen LogP contribution in [0.2, 0.25) is 0 Å². The standard InChI is InChI=1S/C37H40N2O10/c1-44-29-16-24(17-30(20-29)45-2)22-49-28-12-10-26(11-13-28)25-6-8-27(9-7-25)37(43)39(31(36(38)42)14-15-34(40)41)21-23-18-32(46-3)35(48-5)33(19-23)47-4/h6-13,16-20,31H,14-15,21-22H2,1-5H3,(H2,38,42)(H,40,41)/t31-/m0/s1. The summed E-state index contributed by atoms with van der Waals surface area (Å²) in [5.41, 5.74) is 9.18. The summed E-state index contributed by atoms with van der Waals surface area (Å²) in [5, 5.41) is 9.32. The summed E-state index contributed by atoms with van der Waals surface area (Å²) in [6.45, 7) is 0.226. The van der Waals surface area contributed by atoms with E-state index in [1.165, 1.54) is 26.2 Å². The van der Waals surface area contributed by atoms with E-state index < -0.39 is 23.8 Å². The van der Waals surface area contributed by atoms with Crippen molar-refractivity contribution in [2.45, 2.75) is 32.0 Å². The predicted octanol–water partition coefficient (Wildman–Crippen LogP) is 5.34. The molecule has 4 rings (SSSR count). The number of benzene rings is 4. The maximum Gasteiger partial charge on any atom is 0.303 e. The molecule has 0 saturated heterocycles. The van der Waals surface area contributed by atoms with Crippen LogP contribution in [0.5, 0.6) is 34.5 Å². The molecule has 12 nitrogen and oxygen atoms in total. The highest BCUT2D eigenvalue weighted by atomic mass is 16.5. The normalized spacial score (nSPS) is 11.2. The number of carboxylic acid groups (broad SMARTS) is 1. The summed E-state index contributed by atoms with van der Waals surface area (Å²) in [7, 11) is 7.58. The highest BCUT2D eigenvalue weighted by Crippen LogP contribution is 2.39. The quantitative estimate of drug-likeness (QED) is 0.150. The van der Waals surface area contributed by atoms with E-state index in [9.17, 15) is 19.5 Å². The molecule has 0 unspecified atom stereocenters. The number of carboxylic acids is 1. The van der Waals surface area contributed by atoms with E-state index >= 15 is 0 Å². The largest absolute Gasteiger partial charge is 0.497 e. The van der Waals surface area contributed by atoms with Gasteiger partial charge in [-0.3, -0.25) is 14.4 Å². The molecule has 0 heterocycles. The van der Waals surface area contributed by atoms with Gasteiger partial charge in [0.15, 0.2) is 11.5 Å². The summed E-state index contributed by atoms with van der Waals surface area (Å²) >= 11 is 0. The highest BCUT2D eigenvalue weighted by Gasteiger charge is 2.30. The molecule has 0 aliphatic rings. The van der Waals surface area contributed by atoms with Gasteiger partial charge in [-0.25, -0.2) is 0 Å². The van der Waals surface area contributed by atoms with Gasteiger partial charge in [-0.2, -0.15) is 0 Å². The Kier molecular flexibility index (Phi) is 12.3. The van der Waals surface area contributed by atoms with Crippen molar-refractivity contribution in [2.24, 2.45) is 5.73 Å². The van der Waals surface area contributed by atoms with Crippen molar-refractivity contribution in [1.29, 1.82) is 0 Å². The van der Waals surface area contributed by atoms with Gasteiger partial charge in [0.1, 0.15) is 29.9 Å². The van der Waals surface area contributed by atoms with Crippen molar-refractivity contribution in [3.05, 3.63) is 95.6 Å². The van der Waals surface area contributed by atoms with E-state index in [1.54, 1.807) is 56.7 Å². The molecule has 3 N–H and O–H groups in total. The molecule has 0 radical (unpaired) electrons. The van der Waals surface area contributed by atoms with Crippen molar-refractivity contribution in [3.8, 4) is 45.6 Å². The monoisotopic (exact) mass is 672 g/mol. The zero-order valence-corrected chi connectivity index (χ0v) is 28.1. The maximum absolute atomic E-state index is 14.0. The van der Waals surface area contributed by atoms with Crippen LogP contribution in [0, 0.1) is 0 Å². The number of methoxy groups -OCH3 is 5. The molecule has 2 amide bonds. The van der Waals surface area contributed by atoms with E-state index in [0.717, 1.165) is 16.7 Å².